The number of carbonyl (C=O) groups excluding carboxylic acids is 2. The summed E-state index contributed by atoms with van der Waals surface area (Å²) in [7, 11) is 0. The van der Waals surface area contributed by atoms with Gasteiger partial charge in [0.2, 0.25) is 0 Å². The summed E-state index contributed by atoms with van der Waals surface area (Å²) >= 11 is 0. The van der Waals surface area contributed by atoms with Crippen molar-refractivity contribution in [3.05, 3.63) is 77.2 Å². The molecule has 0 aliphatic carbocycles. The number of carbonyl (C=O) groups is 2. The number of nitrogens with zero attached hydrogens (tertiary/aromatic N) is 2. The second kappa shape index (κ2) is 7.78. The average molecular weight is 360 g/mol. The van der Waals surface area contributed by atoms with Crippen LogP contribution in [0.4, 0.5) is 17.2 Å². The smallest absolute Gasteiger partial charge is 0.275 e. The van der Waals surface area contributed by atoms with Gasteiger partial charge in [-0.1, -0.05) is 18.2 Å². The largest absolute Gasteiger partial charge is 0.339 e. The number of aryl methyl sites for hydroxylation is 2. The molecule has 1 heterocycles. The quantitative estimate of drug-likeness (QED) is 0.663. The first-order valence-electron chi connectivity index (χ1n) is 8.51. The summed E-state index contributed by atoms with van der Waals surface area (Å²) < 4.78 is 0. The molecule has 0 saturated carbocycles. The number of anilines is 3. The predicted octanol–water partition coefficient (Wildman–Crippen LogP) is 4.29. The lowest BCUT2D eigenvalue weighted by Gasteiger charge is -2.11. The standard InChI is InChI=1S/C21H20N4O2/c1-13-5-4-6-14(2)20(13)25-21(27)18-11-23-19(12-22-18)24-17-9-7-16(8-10-17)15(3)26/h4-12H,1-3H3,(H,23,24)(H,25,27). The minimum atomic E-state index is -0.308. The van der Waals surface area contributed by atoms with Crippen molar-refractivity contribution in [3.63, 3.8) is 0 Å². The molecule has 2 aromatic carbocycles. The number of benzene rings is 2. The fourth-order valence-electron chi connectivity index (χ4n) is 2.64. The van der Waals surface area contributed by atoms with Crippen LogP contribution in [0.3, 0.4) is 0 Å². The summed E-state index contributed by atoms with van der Waals surface area (Å²) in [6.45, 7) is 5.41. The molecule has 136 valence electrons. The molecular weight excluding hydrogens is 340 g/mol. The van der Waals surface area contributed by atoms with E-state index < -0.39 is 0 Å². The Morgan fingerprint density at radius 3 is 2.11 bits per heavy atom. The predicted molar refractivity (Wildman–Crippen MR) is 106 cm³/mol. The number of hydrogen-bond donors (Lipinski definition) is 2. The van der Waals surface area contributed by atoms with Crippen LogP contribution in [0, 0.1) is 13.8 Å². The molecule has 0 atom stereocenters. The molecule has 6 heteroatoms. The van der Waals surface area contributed by atoms with Gasteiger partial charge in [-0.3, -0.25) is 9.59 Å². The second-order valence-corrected chi connectivity index (χ2v) is 6.27. The number of amides is 1. The highest BCUT2D eigenvalue weighted by molar-refractivity contribution is 6.03. The number of Topliss-reactive ketones (excluding diaryl/α,β-unsaturated/α-hetero) is 1. The molecule has 6 nitrogen and oxygen atoms in total. The molecule has 0 aliphatic rings. The summed E-state index contributed by atoms with van der Waals surface area (Å²) in [5.41, 5.74) is 4.42. The average Bonchev–Trinajstić information content (AvgIpc) is 2.66. The molecule has 0 fully saturated rings. The van der Waals surface area contributed by atoms with E-state index in [0.717, 1.165) is 22.5 Å². The number of ketones is 1. The third kappa shape index (κ3) is 4.36. The lowest BCUT2D eigenvalue weighted by atomic mass is 10.1. The van der Waals surface area contributed by atoms with Crippen LogP contribution in [-0.2, 0) is 0 Å². The van der Waals surface area contributed by atoms with Gasteiger partial charge in [-0.05, 0) is 56.2 Å². The maximum absolute atomic E-state index is 12.4. The van der Waals surface area contributed by atoms with Gasteiger partial charge < -0.3 is 10.6 Å². The molecule has 1 aromatic heterocycles. The van der Waals surface area contributed by atoms with Gasteiger partial charge in [-0.2, -0.15) is 0 Å². The van der Waals surface area contributed by atoms with E-state index in [1.54, 1.807) is 24.3 Å². The Morgan fingerprint density at radius 1 is 0.889 bits per heavy atom. The SMILES string of the molecule is CC(=O)c1ccc(Nc2cnc(C(=O)Nc3c(C)cccc3C)cn2)cc1. The van der Waals surface area contributed by atoms with E-state index in [1.807, 2.05) is 32.0 Å². The van der Waals surface area contributed by atoms with Crippen molar-refractivity contribution >= 4 is 28.9 Å². The van der Waals surface area contributed by atoms with Crippen LogP contribution >= 0.6 is 0 Å². The Balaban J connectivity index is 1.69. The van der Waals surface area contributed by atoms with E-state index in [4.69, 9.17) is 0 Å². The third-order valence-electron chi connectivity index (χ3n) is 4.17. The van der Waals surface area contributed by atoms with Gasteiger partial charge in [0.05, 0.1) is 12.4 Å². The van der Waals surface area contributed by atoms with Crippen molar-refractivity contribution in [2.75, 3.05) is 10.6 Å². The Bertz CT molecular complexity index is 960. The Hall–Kier alpha value is -3.54. The molecule has 3 aromatic rings. The normalized spacial score (nSPS) is 10.3. The van der Waals surface area contributed by atoms with Gasteiger partial charge in [-0.15, -0.1) is 0 Å². The van der Waals surface area contributed by atoms with Crippen molar-refractivity contribution < 1.29 is 9.59 Å². The highest BCUT2D eigenvalue weighted by Crippen LogP contribution is 2.20. The van der Waals surface area contributed by atoms with E-state index in [2.05, 4.69) is 20.6 Å². The summed E-state index contributed by atoms with van der Waals surface area (Å²) in [5, 5.41) is 5.97. The molecule has 0 saturated heterocycles. The lowest BCUT2D eigenvalue weighted by molar-refractivity contribution is 0.101. The zero-order valence-corrected chi connectivity index (χ0v) is 15.4. The molecule has 3 rings (SSSR count). The molecule has 2 N–H and O–H groups in total. The van der Waals surface area contributed by atoms with Crippen LogP contribution in [0.1, 0.15) is 38.9 Å². The van der Waals surface area contributed by atoms with Gasteiger partial charge in [-0.25, -0.2) is 9.97 Å². The van der Waals surface area contributed by atoms with Crippen LogP contribution in [0.5, 0.6) is 0 Å². The van der Waals surface area contributed by atoms with Crippen LogP contribution in [0.15, 0.2) is 54.9 Å². The van der Waals surface area contributed by atoms with E-state index in [1.165, 1.54) is 19.3 Å². The first kappa shape index (κ1) is 18.3. The summed E-state index contributed by atoms with van der Waals surface area (Å²) in [6.07, 6.45) is 2.92. The van der Waals surface area contributed by atoms with E-state index in [0.29, 0.717) is 11.4 Å². The minimum absolute atomic E-state index is 0.0144. The highest BCUT2D eigenvalue weighted by atomic mass is 16.2. The summed E-state index contributed by atoms with van der Waals surface area (Å²) in [6, 6.07) is 12.9. The maximum Gasteiger partial charge on any atom is 0.275 e. The van der Waals surface area contributed by atoms with Gasteiger partial charge in [0.25, 0.3) is 5.91 Å². The second-order valence-electron chi connectivity index (χ2n) is 6.27. The molecule has 0 radical (unpaired) electrons. The first-order chi connectivity index (χ1) is 12.9. The maximum atomic E-state index is 12.4. The first-order valence-corrected chi connectivity index (χ1v) is 8.51. The number of aromatic nitrogens is 2. The summed E-state index contributed by atoms with van der Waals surface area (Å²) in [5.74, 6) is 0.215. The monoisotopic (exact) mass is 360 g/mol. The summed E-state index contributed by atoms with van der Waals surface area (Å²) in [4.78, 5) is 32.2. The fourth-order valence-corrected chi connectivity index (χ4v) is 2.64. The van der Waals surface area contributed by atoms with E-state index >= 15 is 0 Å². The Labute approximate surface area is 157 Å². The van der Waals surface area contributed by atoms with Crippen molar-refractivity contribution in [1.29, 1.82) is 0 Å². The van der Waals surface area contributed by atoms with Gasteiger partial charge >= 0.3 is 0 Å². The number of nitrogens with one attached hydrogen (secondary N) is 2. The van der Waals surface area contributed by atoms with Crippen LogP contribution in [0.25, 0.3) is 0 Å². The highest BCUT2D eigenvalue weighted by Gasteiger charge is 2.11. The van der Waals surface area contributed by atoms with Crippen molar-refractivity contribution in [2.45, 2.75) is 20.8 Å². The van der Waals surface area contributed by atoms with Crippen LogP contribution in [0.2, 0.25) is 0 Å². The molecule has 27 heavy (non-hydrogen) atoms. The van der Waals surface area contributed by atoms with Gasteiger partial charge in [0.1, 0.15) is 11.5 Å². The van der Waals surface area contributed by atoms with E-state index in [9.17, 15) is 9.59 Å². The third-order valence-corrected chi connectivity index (χ3v) is 4.17. The molecule has 0 aliphatic heterocycles. The van der Waals surface area contributed by atoms with E-state index in [-0.39, 0.29) is 17.4 Å². The molecule has 0 bridgehead atoms. The van der Waals surface area contributed by atoms with Crippen LogP contribution < -0.4 is 10.6 Å². The topological polar surface area (TPSA) is 84.0 Å². The van der Waals surface area contributed by atoms with Crippen molar-refractivity contribution in [3.8, 4) is 0 Å². The van der Waals surface area contributed by atoms with Crippen molar-refractivity contribution in [1.82, 2.24) is 9.97 Å². The van der Waals surface area contributed by atoms with Crippen molar-refractivity contribution in [2.24, 2.45) is 0 Å². The molecule has 0 unspecified atom stereocenters. The lowest BCUT2D eigenvalue weighted by Crippen LogP contribution is -2.15. The van der Waals surface area contributed by atoms with Gasteiger partial charge in [0.15, 0.2) is 5.78 Å². The zero-order chi connectivity index (χ0) is 19.4. The van der Waals surface area contributed by atoms with Crippen LogP contribution in [-0.4, -0.2) is 21.7 Å². The Morgan fingerprint density at radius 2 is 1.56 bits per heavy atom. The molecule has 1 amide bonds. The zero-order valence-electron chi connectivity index (χ0n) is 15.4. The number of rotatable bonds is 5. The Kier molecular flexibility index (Phi) is 5.26. The number of hydrogen-bond acceptors (Lipinski definition) is 5. The van der Waals surface area contributed by atoms with Gasteiger partial charge in [0, 0.05) is 16.9 Å². The molecular formula is C21H20N4O2. The fraction of sp³-hybridized carbons (Fsp3) is 0.143. The number of para-hydroxylation sites is 1. The minimum Gasteiger partial charge on any atom is -0.339 e. The molecule has 0 spiro atoms.